The van der Waals surface area contributed by atoms with Crippen molar-refractivity contribution in [1.82, 2.24) is 10.6 Å². The number of alkyl carbamates (subject to hydrolysis) is 1. The number of aromatic hydroxyl groups is 1. The Labute approximate surface area is 201 Å². The van der Waals surface area contributed by atoms with Crippen LogP contribution in [0.15, 0.2) is 42.5 Å². The molecule has 2 rings (SSSR count). The van der Waals surface area contributed by atoms with Crippen molar-refractivity contribution in [3.8, 4) is 5.75 Å². The van der Waals surface area contributed by atoms with Crippen LogP contribution in [-0.2, 0) is 32.1 Å². The summed E-state index contributed by atoms with van der Waals surface area (Å²) in [5.74, 6) is -1.01. The van der Waals surface area contributed by atoms with Gasteiger partial charge in [-0.15, -0.1) is 0 Å². The zero-order valence-corrected chi connectivity index (χ0v) is 20.3. The first-order valence-electron chi connectivity index (χ1n) is 8.78. The zero-order valence-electron chi connectivity index (χ0n) is 16.0. The normalized spacial score (nSPS) is 11.3. The van der Waals surface area contributed by atoms with Crippen molar-refractivity contribution in [3.05, 3.63) is 60.7 Å². The van der Waals surface area contributed by atoms with Crippen LogP contribution in [0.1, 0.15) is 11.1 Å². The van der Waals surface area contributed by atoms with Crippen LogP contribution in [0.2, 0.25) is 0 Å². The van der Waals surface area contributed by atoms with Gasteiger partial charge in [-0.25, -0.2) is 4.79 Å². The molecule has 0 aliphatic heterocycles. The Bertz CT molecular complexity index is 884. The fourth-order valence-electron chi connectivity index (χ4n) is 2.44. The predicted molar refractivity (Wildman–Crippen MR) is 126 cm³/mol. The van der Waals surface area contributed by atoms with E-state index in [0.717, 1.165) is 11.1 Å². The van der Waals surface area contributed by atoms with Crippen molar-refractivity contribution < 1.29 is 29.0 Å². The third-order valence-corrected chi connectivity index (χ3v) is 5.62. The van der Waals surface area contributed by atoms with Gasteiger partial charge in [-0.3, -0.25) is 9.59 Å². The topological polar surface area (TPSA) is 114 Å². The number of phenolic OH excluding ortho intramolecular Hbond substituents is 1. The fourth-order valence-corrected chi connectivity index (χ4v) is 4.34. The van der Waals surface area contributed by atoms with Gasteiger partial charge in [0.25, 0.3) is 0 Å². The molecule has 0 aromatic heterocycles. The van der Waals surface area contributed by atoms with Gasteiger partial charge in [0, 0.05) is 6.42 Å². The maximum atomic E-state index is 12.6. The summed E-state index contributed by atoms with van der Waals surface area (Å²) in [5.41, 5.74) is 1.53. The first kappa shape index (κ1) is 24.2. The van der Waals surface area contributed by atoms with E-state index in [1.54, 1.807) is 12.1 Å². The molecule has 8 nitrogen and oxygen atoms in total. The molecular weight excluding hydrogens is 618 g/mol. The standard InChI is InChI=1S/C20H20I2N2O6/c1-29-17(25)10-23-19(27)16(9-13-7-14(21)18(26)15(22)8-13)24-20(28)30-11-12-5-3-2-4-6-12/h2-8,16,26H,9-11H2,1H3,(H,23,27)(H,24,28)/t16-/m1/s1. The number of hydrogen-bond donors (Lipinski definition) is 3. The minimum atomic E-state index is -0.992. The lowest BCUT2D eigenvalue weighted by molar-refractivity contribution is -0.141. The first-order valence-corrected chi connectivity index (χ1v) is 10.9. The van der Waals surface area contributed by atoms with E-state index < -0.39 is 24.0 Å². The maximum absolute atomic E-state index is 12.6. The van der Waals surface area contributed by atoms with E-state index in [0.29, 0.717) is 7.14 Å². The van der Waals surface area contributed by atoms with E-state index in [1.165, 1.54) is 7.11 Å². The molecule has 2 aromatic carbocycles. The summed E-state index contributed by atoms with van der Waals surface area (Å²) in [7, 11) is 1.21. The van der Waals surface area contributed by atoms with Gasteiger partial charge in [0.1, 0.15) is 24.9 Å². The van der Waals surface area contributed by atoms with Gasteiger partial charge in [0.15, 0.2) is 0 Å². The minimum Gasteiger partial charge on any atom is -0.506 e. The number of benzene rings is 2. The zero-order chi connectivity index (χ0) is 22.1. The summed E-state index contributed by atoms with van der Waals surface area (Å²) in [5, 5.41) is 14.9. The van der Waals surface area contributed by atoms with Gasteiger partial charge in [-0.1, -0.05) is 30.3 Å². The first-order chi connectivity index (χ1) is 14.3. The van der Waals surface area contributed by atoms with E-state index in [2.05, 4.69) is 15.4 Å². The molecule has 10 heteroatoms. The van der Waals surface area contributed by atoms with Gasteiger partial charge in [0.2, 0.25) is 5.91 Å². The molecule has 0 unspecified atom stereocenters. The number of esters is 1. The molecule has 3 N–H and O–H groups in total. The number of nitrogens with one attached hydrogen (secondary N) is 2. The van der Waals surface area contributed by atoms with Gasteiger partial charge >= 0.3 is 12.1 Å². The Morgan fingerprint density at radius 3 is 2.30 bits per heavy atom. The van der Waals surface area contributed by atoms with Crippen molar-refractivity contribution >= 4 is 63.2 Å². The van der Waals surface area contributed by atoms with E-state index >= 15 is 0 Å². The summed E-state index contributed by atoms with van der Waals surface area (Å²) in [6.45, 7) is -0.268. The molecule has 0 bridgehead atoms. The van der Waals surface area contributed by atoms with Crippen LogP contribution in [-0.4, -0.2) is 42.8 Å². The Kier molecular flexibility index (Phi) is 9.62. The number of carbonyl (C=O) groups is 3. The summed E-state index contributed by atoms with van der Waals surface area (Å²) in [6, 6.07) is 11.6. The second-order valence-electron chi connectivity index (χ2n) is 6.16. The highest BCUT2D eigenvalue weighted by atomic mass is 127. The van der Waals surface area contributed by atoms with Crippen LogP contribution in [0.4, 0.5) is 4.79 Å². The highest BCUT2D eigenvalue weighted by molar-refractivity contribution is 14.1. The van der Waals surface area contributed by atoms with Gasteiger partial charge in [0.05, 0.1) is 14.3 Å². The number of phenols is 1. The van der Waals surface area contributed by atoms with Crippen LogP contribution in [0.5, 0.6) is 5.75 Å². The second-order valence-corrected chi connectivity index (χ2v) is 8.49. The average Bonchev–Trinajstić information content (AvgIpc) is 2.74. The quantitative estimate of drug-likeness (QED) is 0.303. The van der Waals surface area contributed by atoms with Gasteiger partial charge in [-0.2, -0.15) is 0 Å². The Morgan fingerprint density at radius 2 is 1.70 bits per heavy atom. The fraction of sp³-hybridized carbons (Fsp3) is 0.250. The molecule has 2 amide bonds. The lowest BCUT2D eigenvalue weighted by Crippen LogP contribution is -2.49. The summed E-state index contributed by atoms with van der Waals surface area (Å²) in [6.07, 6.45) is -0.625. The van der Waals surface area contributed by atoms with Crippen LogP contribution < -0.4 is 10.6 Å². The van der Waals surface area contributed by atoms with Crippen LogP contribution in [0.3, 0.4) is 0 Å². The highest BCUT2D eigenvalue weighted by Gasteiger charge is 2.23. The van der Waals surface area contributed by atoms with Crippen molar-refractivity contribution in [2.75, 3.05) is 13.7 Å². The average molecular weight is 638 g/mol. The van der Waals surface area contributed by atoms with Crippen molar-refractivity contribution in [3.63, 3.8) is 0 Å². The number of ether oxygens (including phenoxy) is 2. The smallest absolute Gasteiger partial charge is 0.408 e. The molecule has 0 saturated heterocycles. The van der Waals surface area contributed by atoms with Gasteiger partial charge in [-0.05, 0) is 68.4 Å². The van der Waals surface area contributed by atoms with Crippen molar-refractivity contribution in [2.45, 2.75) is 19.1 Å². The lowest BCUT2D eigenvalue weighted by atomic mass is 10.1. The molecule has 0 fully saturated rings. The Morgan fingerprint density at radius 1 is 1.07 bits per heavy atom. The third-order valence-electron chi connectivity index (χ3n) is 3.97. The van der Waals surface area contributed by atoms with Crippen LogP contribution >= 0.6 is 45.2 Å². The number of halogens is 2. The molecule has 0 saturated carbocycles. The highest BCUT2D eigenvalue weighted by Crippen LogP contribution is 2.27. The van der Waals surface area contributed by atoms with Crippen molar-refractivity contribution in [2.24, 2.45) is 0 Å². The summed E-state index contributed by atoms with van der Waals surface area (Å²) in [4.78, 5) is 36.2. The molecule has 160 valence electrons. The Hall–Kier alpha value is -2.09. The molecule has 0 heterocycles. The monoisotopic (exact) mass is 638 g/mol. The second kappa shape index (κ2) is 11.9. The molecule has 0 aliphatic rings. The SMILES string of the molecule is COC(=O)CNC(=O)[C@@H](Cc1cc(I)c(O)c(I)c1)NC(=O)OCc1ccccc1. The molecule has 0 radical (unpaired) electrons. The van der Waals surface area contributed by atoms with E-state index in [1.807, 2.05) is 75.5 Å². The number of rotatable bonds is 8. The van der Waals surface area contributed by atoms with Crippen molar-refractivity contribution in [1.29, 1.82) is 0 Å². The van der Waals surface area contributed by atoms with E-state index in [-0.39, 0.29) is 25.3 Å². The van der Waals surface area contributed by atoms with E-state index in [9.17, 15) is 19.5 Å². The largest absolute Gasteiger partial charge is 0.506 e. The predicted octanol–water partition coefficient (Wildman–Crippen LogP) is 2.73. The Balaban J connectivity index is 2.08. The minimum absolute atomic E-state index is 0.0537. The molecule has 30 heavy (non-hydrogen) atoms. The number of methoxy groups -OCH3 is 1. The number of hydrogen-bond acceptors (Lipinski definition) is 6. The van der Waals surface area contributed by atoms with Gasteiger partial charge < -0.3 is 25.2 Å². The number of carbonyl (C=O) groups excluding carboxylic acids is 3. The third kappa shape index (κ3) is 7.63. The number of amides is 2. The molecule has 1 atom stereocenters. The van der Waals surface area contributed by atoms with Crippen LogP contribution in [0.25, 0.3) is 0 Å². The lowest BCUT2D eigenvalue weighted by Gasteiger charge is -2.19. The van der Waals surface area contributed by atoms with Crippen LogP contribution in [0, 0.1) is 7.14 Å². The summed E-state index contributed by atoms with van der Waals surface area (Å²) >= 11 is 3.97. The molecular formula is C20H20I2N2O6. The van der Waals surface area contributed by atoms with E-state index in [4.69, 9.17) is 4.74 Å². The molecule has 0 aliphatic carbocycles. The maximum Gasteiger partial charge on any atom is 0.408 e. The molecule has 0 spiro atoms. The summed E-state index contributed by atoms with van der Waals surface area (Å²) < 4.78 is 11.0. The molecule has 2 aromatic rings.